The lowest BCUT2D eigenvalue weighted by molar-refractivity contribution is 0.311. The fourth-order valence-corrected chi connectivity index (χ4v) is 2.60. The number of benzene rings is 1. The van der Waals surface area contributed by atoms with Crippen LogP contribution in [0.3, 0.4) is 0 Å². The predicted molar refractivity (Wildman–Crippen MR) is 100 cm³/mol. The van der Waals surface area contributed by atoms with Crippen LogP contribution in [0.2, 0.25) is 0 Å². The average Bonchev–Trinajstić information content (AvgIpc) is 2.59. The van der Waals surface area contributed by atoms with E-state index >= 15 is 0 Å². The number of nitrogens with zero attached hydrogens (tertiary/aromatic N) is 3. The maximum absolute atomic E-state index is 9.03. The van der Waals surface area contributed by atoms with E-state index < -0.39 is 0 Å². The highest BCUT2D eigenvalue weighted by Gasteiger charge is 2.08. The molecule has 0 unspecified atom stereocenters. The molecule has 3 N–H and O–H groups in total. The van der Waals surface area contributed by atoms with Crippen molar-refractivity contribution >= 4 is 17.5 Å². The van der Waals surface area contributed by atoms with Gasteiger partial charge in [-0.1, -0.05) is 12.1 Å². The maximum Gasteiger partial charge on any atom is 0.225 e. The summed E-state index contributed by atoms with van der Waals surface area (Å²) in [5, 5.41) is 15.4. The summed E-state index contributed by atoms with van der Waals surface area (Å²) in [5.41, 5.74) is 4.81. The normalized spacial score (nSPS) is 10.5. The van der Waals surface area contributed by atoms with Crippen molar-refractivity contribution in [3.8, 4) is 11.4 Å². The molecule has 1 aromatic carbocycles. The van der Waals surface area contributed by atoms with Crippen molar-refractivity contribution in [2.45, 2.75) is 13.8 Å². The minimum atomic E-state index is 0.0109. The SMILES string of the molecule is Cc1cc(C)cc(Nc2cc(-c3ccccn3)nc(NCCO)n2)c1. The van der Waals surface area contributed by atoms with E-state index in [-0.39, 0.29) is 6.61 Å². The van der Waals surface area contributed by atoms with Gasteiger partial charge < -0.3 is 15.7 Å². The molecule has 0 spiro atoms. The summed E-state index contributed by atoms with van der Waals surface area (Å²) in [6, 6.07) is 13.8. The van der Waals surface area contributed by atoms with Gasteiger partial charge in [0, 0.05) is 24.5 Å². The molecule has 2 aromatic heterocycles. The number of aromatic nitrogens is 3. The van der Waals surface area contributed by atoms with Gasteiger partial charge in [-0.3, -0.25) is 4.98 Å². The predicted octanol–water partition coefficient (Wildman–Crippen LogP) is 3.30. The number of pyridine rings is 1. The van der Waals surface area contributed by atoms with Gasteiger partial charge in [0.25, 0.3) is 0 Å². The molecule has 128 valence electrons. The van der Waals surface area contributed by atoms with Crippen LogP contribution in [0.15, 0.2) is 48.7 Å². The fraction of sp³-hybridized carbons (Fsp3) is 0.211. The fourth-order valence-electron chi connectivity index (χ4n) is 2.60. The Balaban J connectivity index is 1.96. The van der Waals surface area contributed by atoms with Crippen molar-refractivity contribution in [2.75, 3.05) is 23.8 Å². The van der Waals surface area contributed by atoms with Gasteiger partial charge in [0.05, 0.1) is 18.0 Å². The number of aryl methyl sites for hydroxylation is 2. The summed E-state index contributed by atoms with van der Waals surface area (Å²) >= 11 is 0. The second-order valence-electron chi connectivity index (χ2n) is 5.83. The van der Waals surface area contributed by atoms with Crippen molar-refractivity contribution in [3.05, 3.63) is 59.8 Å². The van der Waals surface area contributed by atoms with Crippen molar-refractivity contribution < 1.29 is 5.11 Å². The minimum absolute atomic E-state index is 0.0109. The van der Waals surface area contributed by atoms with E-state index in [9.17, 15) is 0 Å². The van der Waals surface area contributed by atoms with E-state index in [1.165, 1.54) is 11.1 Å². The molecule has 0 aliphatic heterocycles. The molecule has 0 amide bonds. The molecule has 0 bridgehead atoms. The van der Waals surface area contributed by atoms with Crippen LogP contribution in [-0.4, -0.2) is 33.2 Å². The van der Waals surface area contributed by atoms with Crippen LogP contribution >= 0.6 is 0 Å². The molecule has 0 saturated heterocycles. The molecule has 0 radical (unpaired) electrons. The Labute approximate surface area is 147 Å². The summed E-state index contributed by atoms with van der Waals surface area (Å²) in [5.74, 6) is 1.12. The highest BCUT2D eigenvalue weighted by atomic mass is 16.3. The first-order chi connectivity index (χ1) is 12.1. The van der Waals surface area contributed by atoms with E-state index in [2.05, 4.69) is 57.6 Å². The molecule has 6 nitrogen and oxygen atoms in total. The number of rotatable bonds is 6. The Morgan fingerprint density at radius 1 is 0.960 bits per heavy atom. The van der Waals surface area contributed by atoms with Crippen LogP contribution in [0.25, 0.3) is 11.4 Å². The van der Waals surface area contributed by atoms with Crippen LogP contribution in [0.1, 0.15) is 11.1 Å². The molecule has 2 heterocycles. The first-order valence-corrected chi connectivity index (χ1v) is 8.14. The summed E-state index contributed by atoms with van der Waals surface area (Å²) in [7, 11) is 0. The van der Waals surface area contributed by atoms with Gasteiger partial charge in [-0.25, -0.2) is 4.98 Å². The quantitative estimate of drug-likeness (QED) is 0.641. The molecule has 0 fully saturated rings. The Bertz CT molecular complexity index is 831. The largest absolute Gasteiger partial charge is 0.395 e. The molecule has 0 aliphatic rings. The van der Waals surface area contributed by atoms with Gasteiger partial charge in [0.1, 0.15) is 5.82 Å². The zero-order valence-electron chi connectivity index (χ0n) is 14.3. The number of hydrogen-bond donors (Lipinski definition) is 3. The van der Waals surface area contributed by atoms with E-state index in [1.54, 1.807) is 6.20 Å². The Hall–Kier alpha value is -2.99. The van der Waals surface area contributed by atoms with Gasteiger partial charge in [0.15, 0.2) is 0 Å². The van der Waals surface area contributed by atoms with Gasteiger partial charge >= 0.3 is 0 Å². The summed E-state index contributed by atoms with van der Waals surface area (Å²) in [6.07, 6.45) is 1.73. The lowest BCUT2D eigenvalue weighted by Crippen LogP contribution is -2.10. The second kappa shape index (κ2) is 7.72. The number of nitrogens with one attached hydrogen (secondary N) is 2. The minimum Gasteiger partial charge on any atom is -0.395 e. The van der Waals surface area contributed by atoms with Crippen LogP contribution in [-0.2, 0) is 0 Å². The Kier molecular flexibility index (Phi) is 5.20. The molecule has 0 aliphatic carbocycles. The van der Waals surface area contributed by atoms with Crippen molar-refractivity contribution in [1.29, 1.82) is 0 Å². The molecule has 3 aromatic rings. The summed E-state index contributed by atoms with van der Waals surface area (Å²) in [4.78, 5) is 13.3. The first kappa shape index (κ1) is 16.9. The standard InChI is InChI=1S/C19H21N5O/c1-13-9-14(2)11-15(10-13)22-18-12-17(16-5-3-4-6-20-16)23-19(24-18)21-7-8-25/h3-6,9-12,25H,7-8H2,1-2H3,(H2,21,22,23,24). The highest BCUT2D eigenvalue weighted by molar-refractivity contribution is 5.65. The summed E-state index contributed by atoms with van der Waals surface area (Å²) < 4.78 is 0. The van der Waals surface area contributed by atoms with Crippen LogP contribution in [0.5, 0.6) is 0 Å². The van der Waals surface area contributed by atoms with E-state index in [1.807, 2.05) is 24.3 Å². The molecular weight excluding hydrogens is 314 g/mol. The van der Waals surface area contributed by atoms with Crippen molar-refractivity contribution in [3.63, 3.8) is 0 Å². The van der Waals surface area contributed by atoms with Crippen molar-refractivity contribution in [1.82, 2.24) is 15.0 Å². The summed E-state index contributed by atoms with van der Waals surface area (Å²) in [6.45, 7) is 4.52. The smallest absolute Gasteiger partial charge is 0.225 e. The van der Waals surface area contributed by atoms with Crippen molar-refractivity contribution in [2.24, 2.45) is 0 Å². The highest BCUT2D eigenvalue weighted by Crippen LogP contribution is 2.23. The average molecular weight is 335 g/mol. The van der Waals surface area contributed by atoms with Crippen LogP contribution in [0, 0.1) is 13.8 Å². The van der Waals surface area contributed by atoms with E-state index in [0.717, 1.165) is 11.4 Å². The number of aliphatic hydroxyl groups excluding tert-OH is 1. The molecule has 0 saturated carbocycles. The van der Waals surface area contributed by atoms with Crippen LogP contribution in [0.4, 0.5) is 17.5 Å². The number of aliphatic hydroxyl groups is 1. The molecular formula is C19H21N5O. The monoisotopic (exact) mass is 335 g/mol. The van der Waals surface area contributed by atoms with Gasteiger partial charge in [-0.2, -0.15) is 4.98 Å². The van der Waals surface area contributed by atoms with Gasteiger partial charge in [-0.05, 0) is 49.2 Å². The molecule has 3 rings (SSSR count). The zero-order valence-corrected chi connectivity index (χ0v) is 14.3. The third kappa shape index (κ3) is 4.51. The zero-order chi connectivity index (χ0) is 17.6. The first-order valence-electron chi connectivity index (χ1n) is 8.14. The van der Waals surface area contributed by atoms with Gasteiger partial charge in [0.2, 0.25) is 5.95 Å². The molecule has 0 atom stereocenters. The topological polar surface area (TPSA) is 83.0 Å². The molecule has 6 heteroatoms. The number of anilines is 3. The maximum atomic E-state index is 9.03. The third-order valence-electron chi connectivity index (χ3n) is 3.54. The lowest BCUT2D eigenvalue weighted by Gasteiger charge is -2.12. The Morgan fingerprint density at radius 3 is 2.44 bits per heavy atom. The van der Waals surface area contributed by atoms with E-state index in [4.69, 9.17) is 5.11 Å². The van der Waals surface area contributed by atoms with E-state index in [0.29, 0.717) is 24.0 Å². The number of hydrogen-bond acceptors (Lipinski definition) is 6. The third-order valence-corrected chi connectivity index (χ3v) is 3.54. The second-order valence-corrected chi connectivity index (χ2v) is 5.83. The Morgan fingerprint density at radius 2 is 1.76 bits per heavy atom. The molecule has 25 heavy (non-hydrogen) atoms. The van der Waals surface area contributed by atoms with Crippen LogP contribution < -0.4 is 10.6 Å². The van der Waals surface area contributed by atoms with Gasteiger partial charge in [-0.15, -0.1) is 0 Å². The lowest BCUT2D eigenvalue weighted by atomic mass is 10.1.